The molecule has 0 aliphatic carbocycles. The first-order valence-corrected chi connectivity index (χ1v) is 17.6. The first-order valence-electron chi connectivity index (χ1n) is 16.1. The molecule has 0 fully saturated rings. The summed E-state index contributed by atoms with van der Waals surface area (Å²) in [6.07, 6.45) is -0.346. The molecule has 1 aliphatic rings. The van der Waals surface area contributed by atoms with Gasteiger partial charge in [0.1, 0.15) is 11.9 Å². The van der Waals surface area contributed by atoms with Crippen molar-refractivity contribution in [3.8, 4) is 5.75 Å². The number of fused-ring (bicyclic) bond motifs is 1. The summed E-state index contributed by atoms with van der Waals surface area (Å²) >= 11 is 0. The number of sulfonamides is 1. The first-order chi connectivity index (χ1) is 23.3. The van der Waals surface area contributed by atoms with E-state index in [0.29, 0.717) is 42.3 Å². The van der Waals surface area contributed by atoms with E-state index < -0.39 is 16.1 Å². The molecule has 0 bridgehead atoms. The summed E-state index contributed by atoms with van der Waals surface area (Å²) in [7, 11) is -1.93. The van der Waals surface area contributed by atoms with Crippen LogP contribution in [-0.2, 0) is 16.6 Å². The molecule has 5 N–H and O–H groups in total. The van der Waals surface area contributed by atoms with Gasteiger partial charge in [0, 0.05) is 36.8 Å². The molecule has 0 unspecified atom stereocenters. The highest BCUT2D eigenvalue weighted by atomic mass is 32.2. The van der Waals surface area contributed by atoms with Crippen molar-refractivity contribution in [3.05, 3.63) is 113 Å². The smallest absolute Gasteiger partial charge is 0.261 e. The van der Waals surface area contributed by atoms with E-state index in [2.05, 4.69) is 14.9 Å². The fourth-order valence-corrected chi connectivity index (χ4v) is 6.74. The molecule has 4 aromatic carbocycles. The van der Waals surface area contributed by atoms with E-state index in [1.54, 1.807) is 66.4 Å². The number of nitrogens with one attached hydrogen (secondary N) is 2. The summed E-state index contributed by atoms with van der Waals surface area (Å²) in [6.45, 7) is 6.83. The summed E-state index contributed by atoms with van der Waals surface area (Å²) in [5, 5.41) is 12.9. The Morgan fingerprint density at radius 2 is 1.76 bits per heavy atom. The standard InChI is InChI=1S/C37H43N5O6S/c1-24-9-16-30(17-10-24)49(46,47)40-29-15-18-34-31(19-29)37(45)42(26(3)23-43)20-25(2)35(48-34)22-41(4)21-27-11-13-28(14-12-27)36(44)39-33-8-6-5-7-32(33)38/h5-19,25-26,35,40,43H,20-23,38H2,1-4H3,(H,39,44)/t25-,26+,35+/m0/s1. The Morgan fingerprint density at radius 3 is 2.43 bits per heavy atom. The number of likely N-dealkylation sites (N-methyl/N-ethyl adjacent to an activating group) is 1. The third kappa shape index (κ3) is 8.58. The number of aryl methyl sites for hydroxylation is 1. The maximum Gasteiger partial charge on any atom is 0.261 e. The summed E-state index contributed by atoms with van der Waals surface area (Å²) < 4.78 is 35.3. The molecule has 258 valence electrons. The molecule has 0 saturated heterocycles. The average Bonchev–Trinajstić information content (AvgIpc) is 3.07. The molecule has 11 nitrogen and oxygen atoms in total. The zero-order chi connectivity index (χ0) is 35.3. The summed E-state index contributed by atoms with van der Waals surface area (Å²) in [4.78, 5) is 30.4. The Kier molecular flexibility index (Phi) is 10.9. The lowest BCUT2D eigenvalue weighted by Crippen LogP contribution is -2.49. The van der Waals surface area contributed by atoms with Crippen LogP contribution in [0.5, 0.6) is 5.75 Å². The third-order valence-corrected chi connectivity index (χ3v) is 10.0. The molecule has 12 heteroatoms. The quantitative estimate of drug-likeness (QED) is 0.161. The van der Waals surface area contributed by atoms with E-state index in [1.165, 1.54) is 18.2 Å². The fraction of sp³-hybridized carbons (Fsp3) is 0.297. The van der Waals surface area contributed by atoms with Crippen LogP contribution in [0.25, 0.3) is 0 Å². The minimum atomic E-state index is -3.90. The highest BCUT2D eigenvalue weighted by Gasteiger charge is 2.34. The highest BCUT2D eigenvalue weighted by molar-refractivity contribution is 7.92. The van der Waals surface area contributed by atoms with Gasteiger partial charge in [-0.3, -0.25) is 19.2 Å². The number of anilines is 3. The molecule has 0 spiro atoms. The van der Waals surface area contributed by atoms with Crippen LogP contribution in [-0.4, -0.2) is 74.0 Å². The van der Waals surface area contributed by atoms with Crippen molar-refractivity contribution >= 4 is 38.9 Å². The zero-order valence-electron chi connectivity index (χ0n) is 28.1. The zero-order valence-corrected chi connectivity index (χ0v) is 28.9. The molecule has 3 atom stereocenters. The number of carbonyl (C=O) groups excluding carboxylic acids is 2. The van der Waals surface area contributed by atoms with E-state index in [0.717, 1.165) is 11.1 Å². The van der Waals surface area contributed by atoms with Crippen molar-refractivity contribution in [1.29, 1.82) is 0 Å². The average molecular weight is 686 g/mol. The number of para-hydroxylation sites is 2. The second-order valence-corrected chi connectivity index (χ2v) is 14.4. The summed E-state index contributed by atoms with van der Waals surface area (Å²) in [5.74, 6) is -0.385. The molecule has 1 heterocycles. The van der Waals surface area contributed by atoms with Gasteiger partial charge < -0.3 is 25.8 Å². The number of hydrogen-bond donors (Lipinski definition) is 4. The normalized spacial score (nSPS) is 17.0. The van der Waals surface area contributed by atoms with Crippen molar-refractivity contribution in [2.24, 2.45) is 5.92 Å². The Labute approximate surface area is 287 Å². The van der Waals surface area contributed by atoms with E-state index in [1.807, 2.05) is 39.1 Å². The van der Waals surface area contributed by atoms with Gasteiger partial charge in [-0.15, -0.1) is 0 Å². The van der Waals surface area contributed by atoms with E-state index in [4.69, 9.17) is 10.5 Å². The second kappa shape index (κ2) is 15.1. The van der Waals surface area contributed by atoms with Gasteiger partial charge in [0.2, 0.25) is 0 Å². The minimum absolute atomic E-state index is 0.107. The van der Waals surface area contributed by atoms with Gasteiger partial charge in [-0.1, -0.05) is 48.9 Å². The van der Waals surface area contributed by atoms with Gasteiger partial charge >= 0.3 is 0 Å². The first kappa shape index (κ1) is 35.4. The predicted octanol–water partition coefficient (Wildman–Crippen LogP) is 4.98. The monoisotopic (exact) mass is 685 g/mol. The number of aliphatic hydroxyl groups excluding tert-OH is 1. The predicted molar refractivity (Wildman–Crippen MR) is 191 cm³/mol. The van der Waals surface area contributed by atoms with E-state index in [-0.39, 0.29) is 46.6 Å². The Balaban J connectivity index is 1.32. The molecule has 0 radical (unpaired) electrons. The number of ether oxygens (including phenoxy) is 1. The van der Waals surface area contributed by atoms with Crippen LogP contribution in [0.4, 0.5) is 17.1 Å². The molecular formula is C37H43N5O6S. The lowest BCUT2D eigenvalue weighted by Gasteiger charge is -2.38. The molecule has 5 rings (SSSR count). The molecule has 49 heavy (non-hydrogen) atoms. The van der Waals surface area contributed by atoms with Crippen molar-refractivity contribution in [2.75, 3.05) is 42.5 Å². The second-order valence-electron chi connectivity index (χ2n) is 12.7. The van der Waals surface area contributed by atoms with Gasteiger partial charge in [-0.05, 0) is 81.1 Å². The van der Waals surface area contributed by atoms with Crippen molar-refractivity contribution in [2.45, 2.75) is 44.4 Å². The number of aliphatic hydroxyl groups is 1. The molecule has 2 amide bonds. The number of rotatable bonds is 11. The minimum Gasteiger partial charge on any atom is -0.488 e. The highest BCUT2D eigenvalue weighted by Crippen LogP contribution is 2.31. The summed E-state index contributed by atoms with van der Waals surface area (Å²) in [6, 6.07) is 25.1. The van der Waals surface area contributed by atoms with Crippen LogP contribution in [0, 0.1) is 12.8 Å². The number of hydrogen-bond acceptors (Lipinski definition) is 8. The third-order valence-electron chi connectivity index (χ3n) is 8.62. The van der Waals surface area contributed by atoms with Crippen molar-refractivity contribution < 1.29 is 27.9 Å². The summed E-state index contributed by atoms with van der Waals surface area (Å²) in [5.41, 5.74) is 9.86. The molecule has 1 aliphatic heterocycles. The molecule has 4 aromatic rings. The molecule has 0 aromatic heterocycles. The van der Waals surface area contributed by atoms with Crippen molar-refractivity contribution in [1.82, 2.24) is 9.80 Å². The van der Waals surface area contributed by atoms with Crippen LogP contribution in [0.15, 0.2) is 95.9 Å². The maximum atomic E-state index is 13.8. The van der Waals surface area contributed by atoms with Crippen molar-refractivity contribution in [3.63, 3.8) is 0 Å². The van der Waals surface area contributed by atoms with Gasteiger partial charge in [0.25, 0.3) is 21.8 Å². The number of nitrogens with two attached hydrogens (primary N) is 1. The lowest BCUT2D eigenvalue weighted by atomic mass is 9.99. The van der Waals surface area contributed by atoms with Gasteiger partial charge in [0.05, 0.1) is 34.5 Å². The fourth-order valence-electron chi connectivity index (χ4n) is 5.69. The molecular weight excluding hydrogens is 643 g/mol. The maximum absolute atomic E-state index is 13.8. The Bertz CT molecular complexity index is 1900. The number of nitrogen functional groups attached to an aromatic ring is 1. The Morgan fingerprint density at radius 1 is 1.06 bits per heavy atom. The van der Waals surface area contributed by atoms with Crippen LogP contribution < -0.4 is 20.5 Å². The topological polar surface area (TPSA) is 154 Å². The van der Waals surface area contributed by atoms with Gasteiger partial charge in [-0.25, -0.2) is 8.42 Å². The number of nitrogens with zero attached hydrogens (tertiary/aromatic N) is 2. The lowest BCUT2D eigenvalue weighted by molar-refractivity contribution is 0.0341. The van der Waals surface area contributed by atoms with Gasteiger partial charge in [-0.2, -0.15) is 0 Å². The van der Waals surface area contributed by atoms with Gasteiger partial charge in [0.15, 0.2) is 0 Å². The van der Waals surface area contributed by atoms with E-state index in [9.17, 15) is 23.1 Å². The number of amides is 2. The number of benzene rings is 4. The molecule has 0 saturated carbocycles. The Hall–Kier alpha value is -4.91. The SMILES string of the molecule is Cc1ccc(S(=O)(=O)Nc2ccc3c(c2)C(=O)N([C@H](C)CO)C[C@H](C)[C@@H](CN(C)Cc2ccc(C(=O)Nc4ccccc4N)cc2)O3)cc1. The largest absolute Gasteiger partial charge is 0.488 e. The van der Waals surface area contributed by atoms with E-state index >= 15 is 0 Å². The van der Waals surface area contributed by atoms with Crippen LogP contribution in [0.1, 0.15) is 45.7 Å². The van der Waals surface area contributed by atoms with Crippen LogP contribution in [0.2, 0.25) is 0 Å². The number of carbonyl (C=O) groups is 2. The van der Waals surface area contributed by atoms with Crippen LogP contribution >= 0.6 is 0 Å². The van der Waals surface area contributed by atoms with Crippen LogP contribution in [0.3, 0.4) is 0 Å².